The van der Waals surface area contributed by atoms with Crippen LogP contribution in [-0.4, -0.2) is 32.8 Å². The molecule has 5 nitrogen and oxygen atoms in total. The van der Waals surface area contributed by atoms with Gasteiger partial charge in [-0.2, -0.15) is 0 Å². The third-order valence-electron chi connectivity index (χ3n) is 5.12. The van der Waals surface area contributed by atoms with Crippen molar-refractivity contribution >= 4 is 29.9 Å². The fourth-order valence-electron chi connectivity index (χ4n) is 3.45. The highest BCUT2D eigenvalue weighted by molar-refractivity contribution is 14.0. The smallest absolute Gasteiger partial charge is 0.189 e. The molecule has 1 unspecified atom stereocenters. The van der Waals surface area contributed by atoms with E-state index >= 15 is 0 Å². The lowest BCUT2D eigenvalue weighted by molar-refractivity contribution is 0.0779. The molecule has 1 aliphatic heterocycles. The van der Waals surface area contributed by atoms with Crippen LogP contribution < -0.4 is 15.8 Å². The number of aliphatic imine (C=N–C) groups is 1. The minimum Gasteiger partial charge on any atom is -0.493 e. The Balaban J connectivity index is 0.00000208. The molecule has 2 aliphatic rings. The summed E-state index contributed by atoms with van der Waals surface area (Å²) in [6.07, 6.45) is 5.73. The maximum Gasteiger partial charge on any atom is 0.189 e. The van der Waals surface area contributed by atoms with Crippen LogP contribution in [0.25, 0.3) is 0 Å². The Hall–Kier alpha value is -1.02. The minimum atomic E-state index is 0. The number of fused-ring (bicyclic) bond motifs is 1. The summed E-state index contributed by atoms with van der Waals surface area (Å²) in [5, 5.41) is 3.37. The van der Waals surface area contributed by atoms with Gasteiger partial charge in [-0.3, -0.25) is 4.99 Å². The van der Waals surface area contributed by atoms with Crippen molar-refractivity contribution in [3.63, 3.8) is 0 Å². The molecule has 1 heterocycles. The molecule has 0 amide bonds. The van der Waals surface area contributed by atoms with Gasteiger partial charge in [-0.1, -0.05) is 24.6 Å². The SMILES string of the molecule is COCCC1(CN=C(N)NC2CCOc3ccccc32)CCC1.I. The van der Waals surface area contributed by atoms with Crippen LogP contribution in [0.5, 0.6) is 5.75 Å². The second-order valence-corrected chi connectivity index (χ2v) is 6.67. The van der Waals surface area contributed by atoms with Crippen LogP contribution in [0.4, 0.5) is 0 Å². The number of nitrogens with two attached hydrogens (primary N) is 1. The molecule has 1 atom stereocenters. The van der Waals surface area contributed by atoms with Crippen LogP contribution in [0.15, 0.2) is 29.3 Å². The van der Waals surface area contributed by atoms with Gasteiger partial charge in [0.15, 0.2) is 5.96 Å². The molecule has 0 aromatic heterocycles. The Labute approximate surface area is 161 Å². The van der Waals surface area contributed by atoms with Crippen molar-refractivity contribution in [3.8, 4) is 5.75 Å². The summed E-state index contributed by atoms with van der Waals surface area (Å²) in [6.45, 7) is 2.30. The van der Waals surface area contributed by atoms with Gasteiger partial charge in [-0.15, -0.1) is 24.0 Å². The van der Waals surface area contributed by atoms with E-state index in [-0.39, 0.29) is 30.0 Å². The fourth-order valence-corrected chi connectivity index (χ4v) is 3.45. The lowest BCUT2D eigenvalue weighted by atomic mass is 9.67. The first-order chi connectivity index (χ1) is 11.2. The van der Waals surface area contributed by atoms with Crippen LogP contribution in [0.3, 0.4) is 0 Å². The molecule has 0 saturated heterocycles. The average Bonchev–Trinajstić information content (AvgIpc) is 2.54. The van der Waals surface area contributed by atoms with Crippen molar-refractivity contribution in [3.05, 3.63) is 29.8 Å². The predicted molar refractivity (Wildman–Crippen MR) is 107 cm³/mol. The van der Waals surface area contributed by atoms with Crippen molar-refractivity contribution in [2.75, 3.05) is 26.9 Å². The molecule has 1 aromatic carbocycles. The monoisotopic (exact) mass is 445 g/mol. The highest BCUT2D eigenvalue weighted by Gasteiger charge is 2.36. The van der Waals surface area contributed by atoms with Gasteiger partial charge < -0.3 is 20.5 Å². The summed E-state index contributed by atoms with van der Waals surface area (Å²) >= 11 is 0. The van der Waals surface area contributed by atoms with E-state index in [1.165, 1.54) is 19.3 Å². The number of guanidine groups is 1. The number of ether oxygens (including phenoxy) is 2. The zero-order chi connectivity index (χ0) is 16.1. The largest absolute Gasteiger partial charge is 0.493 e. The van der Waals surface area contributed by atoms with E-state index in [0.29, 0.717) is 18.0 Å². The van der Waals surface area contributed by atoms with E-state index < -0.39 is 0 Å². The Kier molecular flexibility index (Phi) is 7.16. The van der Waals surface area contributed by atoms with Gasteiger partial charge >= 0.3 is 0 Å². The molecule has 1 aromatic rings. The second-order valence-electron chi connectivity index (χ2n) is 6.67. The maximum atomic E-state index is 6.14. The van der Waals surface area contributed by atoms with E-state index in [2.05, 4.69) is 16.4 Å². The van der Waals surface area contributed by atoms with Crippen LogP contribution >= 0.6 is 24.0 Å². The molecular weight excluding hydrogens is 417 g/mol. The van der Waals surface area contributed by atoms with Crippen LogP contribution in [0.1, 0.15) is 43.7 Å². The fraction of sp³-hybridized carbons (Fsp3) is 0.611. The number of methoxy groups -OCH3 is 1. The average molecular weight is 445 g/mol. The first-order valence-corrected chi connectivity index (χ1v) is 8.50. The summed E-state index contributed by atoms with van der Waals surface area (Å²) in [7, 11) is 1.76. The number of halogens is 1. The standard InChI is InChI=1S/C18H27N3O2.HI/c1-22-12-10-18(8-4-9-18)13-20-17(19)21-15-7-11-23-16-6-3-2-5-14(15)16;/h2-3,5-6,15H,4,7-13H2,1H3,(H3,19,20,21);1H. The molecule has 134 valence electrons. The molecule has 1 fully saturated rings. The molecule has 1 aliphatic carbocycles. The molecule has 3 rings (SSSR count). The first kappa shape index (κ1) is 19.3. The zero-order valence-corrected chi connectivity index (χ0v) is 16.6. The Morgan fingerprint density at radius 3 is 2.92 bits per heavy atom. The molecule has 6 heteroatoms. The predicted octanol–water partition coefficient (Wildman–Crippen LogP) is 3.24. The van der Waals surface area contributed by atoms with Gasteiger partial charge in [-0.25, -0.2) is 0 Å². The number of rotatable bonds is 6. The van der Waals surface area contributed by atoms with Gasteiger partial charge in [-0.05, 0) is 30.7 Å². The van der Waals surface area contributed by atoms with E-state index in [9.17, 15) is 0 Å². The normalized spacial score (nSPS) is 21.7. The van der Waals surface area contributed by atoms with Crippen molar-refractivity contribution in [1.82, 2.24) is 5.32 Å². The van der Waals surface area contributed by atoms with Gasteiger partial charge in [0, 0.05) is 32.2 Å². The first-order valence-electron chi connectivity index (χ1n) is 8.50. The maximum absolute atomic E-state index is 6.14. The molecular formula is C18H28IN3O2. The number of para-hydroxylation sites is 1. The molecule has 0 bridgehead atoms. The quantitative estimate of drug-likeness (QED) is 0.401. The lowest BCUT2D eigenvalue weighted by Crippen LogP contribution is -2.40. The number of hydrogen-bond acceptors (Lipinski definition) is 3. The molecule has 1 saturated carbocycles. The highest BCUT2D eigenvalue weighted by atomic mass is 127. The lowest BCUT2D eigenvalue weighted by Gasteiger charge is -2.40. The van der Waals surface area contributed by atoms with Gasteiger partial charge in [0.05, 0.1) is 12.6 Å². The molecule has 0 spiro atoms. The third kappa shape index (κ3) is 4.53. The van der Waals surface area contributed by atoms with Crippen molar-refractivity contribution in [1.29, 1.82) is 0 Å². The van der Waals surface area contributed by atoms with Crippen molar-refractivity contribution < 1.29 is 9.47 Å². The Bertz CT molecular complexity index is 561. The number of benzene rings is 1. The topological polar surface area (TPSA) is 68.9 Å². The van der Waals surface area contributed by atoms with Gasteiger partial charge in [0.2, 0.25) is 0 Å². The van der Waals surface area contributed by atoms with Crippen LogP contribution in [0.2, 0.25) is 0 Å². The molecule has 0 radical (unpaired) electrons. The summed E-state index contributed by atoms with van der Waals surface area (Å²) < 4.78 is 10.9. The minimum absolute atomic E-state index is 0. The van der Waals surface area contributed by atoms with Gasteiger partial charge in [0.1, 0.15) is 5.75 Å². The third-order valence-corrected chi connectivity index (χ3v) is 5.12. The highest BCUT2D eigenvalue weighted by Crippen LogP contribution is 2.44. The van der Waals surface area contributed by atoms with Crippen LogP contribution in [0, 0.1) is 5.41 Å². The molecule has 3 N–H and O–H groups in total. The number of nitrogens with one attached hydrogen (secondary N) is 1. The van der Waals surface area contributed by atoms with E-state index in [1.807, 2.05) is 18.2 Å². The number of nitrogens with zero attached hydrogens (tertiary/aromatic N) is 1. The number of hydrogen-bond donors (Lipinski definition) is 2. The summed E-state index contributed by atoms with van der Waals surface area (Å²) in [4.78, 5) is 4.63. The molecule has 24 heavy (non-hydrogen) atoms. The van der Waals surface area contributed by atoms with Crippen LogP contribution in [-0.2, 0) is 4.74 Å². The van der Waals surface area contributed by atoms with Crippen molar-refractivity contribution in [2.24, 2.45) is 16.1 Å². The zero-order valence-electron chi connectivity index (χ0n) is 14.3. The Morgan fingerprint density at radius 2 is 2.21 bits per heavy atom. The van der Waals surface area contributed by atoms with Crippen molar-refractivity contribution in [2.45, 2.75) is 38.1 Å². The van der Waals surface area contributed by atoms with E-state index in [0.717, 1.165) is 37.3 Å². The Morgan fingerprint density at radius 1 is 1.42 bits per heavy atom. The van der Waals surface area contributed by atoms with Gasteiger partial charge in [0.25, 0.3) is 0 Å². The summed E-state index contributed by atoms with van der Waals surface area (Å²) in [5.74, 6) is 1.48. The van der Waals surface area contributed by atoms with E-state index in [4.69, 9.17) is 15.2 Å². The summed E-state index contributed by atoms with van der Waals surface area (Å²) in [6, 6.07) is 8.30. The van der Waals surface area contributed by atoms with E-state index in [1.54, 1.807) is 7.11 Å². The summed E-state index contributed by atoms with van der Waals surface area (Å²) in [5.41, 5.74) is 7.61. The second kappa shape index (κ2) is 8.89.